The lowest BCUT2D eigenvalue weighted by atomic mass is 10.1. The highest BCUT2D eigenvalue weighted by Gasteiger charge is 2.35. The van der Waals surface area contributed by atoms with Crippen molar-refractivity contribution in [1.29, 1.82) is 10.8 Å². The van der Waals surface area contributed by atoms with E-state index in [1.54, 1.807) is 0 Å². The fourth-order valence-electron chi connectivity index (χ4n) is 2.30. The van der Waals surface area contributed by atoms with Gasteiger partial charge in [0.05, 0.1) is 0 Å². The number of hydroxylamine groups is 1. The number of hydrogen-bond acceptors (Lipinski definition) is 7. The van der Waals surface area contributed by atoms with E-state index >= 15 is 0 Å². The second-order valence-electron chi connectivity index (χ2n) is 5.18. The smallest absolute Gasteiger partial charge is 0.295 e. The Hall–Kier alpha value is -2.30. The van der Waals surface area contributed by atoms with Crippen LogP contribution in [-0.4, -0.2) is 53.8 Å². The Labute approximate surface area is 139 Å². The Morgan fingerprint density at radius 2 is 1.79 bits per heavy atom. The number of carbonyl (C=O) groups excluding carboxylic acids is 1. The molecule has 1 aromatic rings. The predicted octanol–water partition coefficient (Wildman–Crippen LogP) is 0.362. The third-order valence-corrected chi connectivity index (χ3v) is 5.37. The maximum Gasteiger partial charge on any atom is 0.295 e. The molecule has 4 N–H and O–H groups in total. The first-order valence-electron chi connectivity index (χ1n) is 7.20. The average Bonchev–Trinajstić information content (AvgIpc) is 2.61. The molecule has 1 aliphatic heterocycles. The lowest BCUT2D eigenvalue weighted by Crippen LogP contribution is -2.47. The third-order valence-electron chi connectivity index (χ3n) is 3.60. The summed E-state index contributed by atoms with van der Waals surface area (Å²) in [5, 5.41) is 22.2. The average molecular weight is 354 g/mol. The highest BCUT2D eigenvalue weighted by Crippen LogP contribution is 2.20. The SMILES string of the molecule is N=C(C(=N)S(=O)(=O)N1CCC(Oc2ccccc2)CC1)C(=O)NO. The zero-order valence-electron chi connectivity index (χ0n) is 12.7. The number of benzene rings is 1. The molecular weight excluding hydrogens is 336 g/mol. The molecule has 0 aliphatic carbocycles. The fourth-order valence-corrected chi connectivity index (χ4v) is 3.60. The van der Waals surface area contributed by atoms with Crippen LogP contribution in [0.4, 0.5) is 0 Å². The molecule has 2 rings (SSSR count). The molecular formula is C14H18N4O5S. The van der Waals surface area contributed by atoms with Gasteiger partial charge in [-0.25, -0.2) is 13.9 Å². The minimum atomic E-state index is -4.25. The molecule has 0 spiro atoms. The van der Waals surface area contributed by atoms with Crippen LogP contribution in [0.1, 0.15) is 12.8 Å². The molecule has 10 heteroatoms. The first-order valence-corrected chi connectivity index (χ1v) is 8.64. The van der Waals surface area contributed by atoms with Crippen LogP contribution in [0.15, 0.2) is 30.3 Å². The van der Waals surface area contributed by atoms with Crippen molar-refractivity contribution in [1.82, 2.24) is 9.79 Å². The van der Waals surface area contributed by atoms with Crippen molar-refractivity contribution >= 4 is 26.7 Å². The Morgan fingerprint density at radius 1 is 1.21 bits per heavy atom. The van der Waals surface area contributed by atoms with Crippen LogP contribution in [0.2, 0.25) is 0 Å². The van der Waals surface area contributed by atoms with Gasteiger partial charge in [-0.1, -0.05) is 18.2 Å². The number of piperidine rings is 1. The van der Waals surface area contributed by atoms with Crippen LogP contribution in [0.3, 0.4) is 0 Å². The normalized spacial score (nSPS) is 16.4. The van der Waals surface area contributed by atoms with E-state index in [4.69, 9.17) is 20.8 Å². The Kier molecular flexibility index (Phi) is 5.65. The second-order valence-corrected chi connectivity index (χ2v) is 7.05. The number of amides is 1. The van der Waals surface area contributed by atoms with Gasteiger partial charge in [-0.05, 0) is 25.0 Å². The lowest BCUT2D eigenvalue weighted by molar-refractivity contribution is -0.122. The quantitative estimate of drug-likeness (QED) is 0.261. The predicted molar refractivity (Wildman–Crippen MR) is 86.0 cm³/mol. The first-order chi connectivity index (χ1) is 11.4. The van der Waals surface area contributed by atoms with Crippen LogP contribution in [-0.2, 0) is 14.8 Å². The fraction of sp³-hybridized carbons (Fsp3) is 0.357. The van der Waals surface area contributed by atoms with E-state index in [0.717, 1.165) is 9.79 Å². The summed E-state index contributed by atoms with van der Waals surface area (Å²) in [5.74, 6) is -0.640. The van der Waals surface area contributed by atoms with Crippen molar-refractivity contribution in [3.8, 4) is 5.75 Å². The Morgan fingerprint density at radius 3 is 2.33 bits per heavy atom. The topological polar surface area (TPSA) is 144 Å². The molecule has 1 aromatic carbocycles. The van der Waals surface area contributed by atoms with Crippen molar-refractivity contribution in [3.63, 3.8) is 0 Å². The van der Waals surface area contributed by atoms with E-state index < -0.39 is 26.7 Å². The summed E-state index contributed by atoms with van der Waals surface area (Å²) in [4.78, 5) is 11.1. The molecule has 1 saturated heterocycles. The van der Waals surface area contributed by atoms with Gasteiger partial charge in [0.2, 0.25) is 0 Å². The van der Waals surface area contributed by atoms with Gasteiger partial charge in [0.1, 0.15) is 11.9 Å². The molecule has 0 atom stereocenters. The summed E-state index contributed by atoms with van der Waals surface area (Å²) >= 11 is 0. The number of rotatable bonds is 5. The second kappa shape index (κ2) is 7.51. The standard InChI is InChI=1S/C14H18N4O5S/c15-12(14(19)17-20)13(16)24(21,22)18-8-6-11(7-9-18)23-10-4-2-1-3-5-10/h1-5,11,15-16,20H,6-9H2,(H,17,19). The highest BCUT2D eigenvalue weighted by atomic mass is 32.2. The lowest BCUT2D eigenvalue weighted by Gasteiger charge is -2.31. The zero-order valence-corrected chi connectivity index (χ0v) is 13.5. The summed E-state index contributed by atoms with van der Waals surface area (Å²) in [6.45, 7) is 0.243. The molecule has 1 fully saturated rings. The van der Waals surface area contributed by atoms with Crippen LogP contribution in [0.25, 0.3) is 0 Å². The molecule has 9 nitrogen and oxygen atoms in total. The molecule has 1 heterocycles. The molecule has 0 saturated carbocycles. The molecule has 1 amide bonds. The number of carbonyl (C=O) groups is 1. The summed E-state index contributed by atoms with van der Waals surface area (Å²) in [7, 11) is -4.25. The maximum atomic E-state index is 12.3. The number of nitrogens with one attached hydrogen (secondary N) is 3. The van der Waals surface area contributed by atoms with E-state index in [0.29, 0.717) is 18.6 Å². The van der Waals surface area contributed by atoms with Crippen molar-refractivity contribution in [2.45, 2.75) is 18.9 Å². The minimum Gasteiger partial charge on any atom is -0.490 e. The van der Waals surface area contributed by atoms with Crippen molar-refractivity contribution in [2.24, 2.45) is 0 Å². The first kappa shape index (κ1) is 18.0. The van der Waals surface area contributed by atoms with Crippen molar-refractivity contribution < 1.29 is 23.2 Å². The van der Waals surface area contributed by atoms with Gasteiger partial charge >= 0.3 is 0 Å². The summed E-state index contributed by atoms with van der Waals surface area (Å²) in [6, 6.07) is 9.18. The molecule has 0 bridgehead atoms. The highest BCUT2D eigenvalue weighted by molar-refractivity contribution is 8.06. The van der Waals surface area contributed by atoms with Gasteiger partial charge in [-0.15, -0.1) is 0 Å². The van der Waals surface area contributed by atoms with Gasteiger partial charge in [-0.2, -0.15) is 4.31 Å². The van der Waals surface area contributed by atoms with Crippen molar-refractivity contribution in [2.75, 3.05) is 13.1 Å². The van der Waals surface area contributed by atoms with E-state index in [-0.39, 0.29) is 19.2 Å². The van der Waals surface area contributed by atoms with Gasteiger partial charge in [-0.3, -0.25) is 20.8 Å². The molecule has 0 aromatic heterocycles. The van der Waals surface area contributed by atoms with Crippen LogP contribution in [0, 0.1) is 10.8 Å². The van der Waals surface area contributed by atoms with E-state index in [9.17, 15) is 13.2 Å². The largest absolute Gasteiger partial charge is 0.490 e. The van der Waals surface area contributed by atoms with Crippen molar-refractivity contribution in [3.05, 3.63) is 30.3 Å². The number of nitrogens with zero attached hydrogens (tertiary/aromatic N) is 1. The number of hydrogen-bond donors (Lipinski definition) is 4. The monoisotopic (exact) mass is 354 g/mol. The number of para-hydroxylation sites is 1. The number of ether oxygens (including phenoxy) is 1. The summed E-state index contributed by atoms with van der Waals surface area (Å²) in [5.41, 5.74) is 0.0368. The third kappa shape index (κ3) is 3.96. The number of sulfonamides is 1. The zero-order chi connectivity index (χ0) is 17.7. The minimum absolute atomic E-state index is 0.121. The summed E-state index contributed by atoms with van der Waals surface area (Å²) < 4.78 is 31.3. The van der Waals surface area contributed by atoms with Crippen LogP contribution in [0.5, 0.6) is 5.75 Å². The van der Waals surface area contributed by atoms with E-state index in [1.807, 2.05) is 30.3 Å². The van der Waals surface area contributed by atoms with Gasteiger partial charge in [0, 0.05) is 13.1 Å². The van der Waals surface area contributed by atoms with E-state index in [1.165, 1.54) is 0 Å². The maximum absolute atomic E-state index is 12.3. The van der Waals surface area contributed by atoms with Gasteiger partial charge in [0.15, 0.2) is 10.8 Å². The molecule has 24 heavy (non-hydrogen) atoms. The molecule has 130 valence electrons. The molecule has 0 unspecified atom stereocenters. The van der Waals surface area contributed by atoms with Crippen LogP contribution < -0.4 is 10.2 Å². The Bertz CT molecular complexity index is 727. The van der Waals surface area contributed by atoms with Gasteiger partial charge in [0.25, 0.3) is 15.9 Å². The van der Waals surface area contributed by atoms with E-state index in [2.05, 4.69) is 0 Å². The van der Waals surface area contributed by atoms with Crippen LogP contribution >= 0.6 is 0 Å². The molecule has 0 radical (unpaired) electrons. The Balaban J connectivity index is 1.97. The summed E-state index contributed by atoms with van der Waals surface area (Å²) in [6.07, 6.45) is 0.718. The van der Waals surface area contributed by atoms with Gasteiger partial charge < -0.3 is 4.74 Å². The molecule has 1 aliphatic rings.